The summed E-state index contributed by atoms with van der Waals surface area (Å²) in [5.74, 6) is 0. The van der Waals surface area contributed by atoms with Crippen molar-refractivity contribution in [1.82, 2.24) is 9.13 Å². The third-order valence-electron chi connectivity index (χ3n) is 2.72. The molecule has 18 heavy (non-hydrogen) atoms. The Morgan fingerprint density at radius 1 is 1.17 bits per heavy atom. The molecule has 0 saturated heterocycles. The van der Waals surface area contributed by atoms with E-state index in [2.05, 4.69) is 0 Å². The highest BCUT2D eigenvalue weighted by Crippen LogP contribution is 2.06. The van der Waals surface area contributed by atoms with E-state index in [1.165, 1.54) is 17.8 Å². The van der Waals surface area contributed by atoms with Crippen LogP contribution in [-0.4, -0.2) is 9.13 Å². The van der Waals surface area contributed by atoms with Gasteiger partial charge in [0.15, 0.2) is 0 Å². The highest BCUT2D eigenvalue weighted by atomic mass is 16.2. The van der Waals surface area contributed by atoms with Crippen LogP contribution >= 0.6 is 0 Å². The molecule has 5 nitrogen and oxygen atoms in total. The second kappa shape index (κ2) is 4.34. The van der Waals surface area contributed by atoms with Crippen LogP contribution < -0.4 is 11.2 Å². The maximum absolute atomic E-state index is 12.0. The maximum Gasteiger partial charge on any atom is 0.335 e. The first-order valence-electron chi connectivity index (χ1n) is 5.34. The molecule has 0 spiro atoms. The lowest BCUT2D eigenvalue weighted by atomic mass is 10.2. The normalized spacial score (nSPS) is 10.1. The third-order valence-corrected chi connectivity index (χ3v) is 2.72. The Morgan fingerprint density at radius 2 is 1.78 bits per heavy atom. The molecule has 0 saturated carbocycles. The number of hydrogen-bond donors (Lipinski definition) is 0. The number of hydrogen-bond acceptors (Lipinski definition) is 3. The fourth-order valence-electron chi connectivity index (χ4n) is 1.64. The van der Waals surface area contributed by atoms with Crippen LogP contribution in [0.15, 0.2) is 40.1 Å². The molecule has 1 aromatic carbocycles. The molecule has 0 aliphatic carbocycles. The van der Waals surface area contributed by atoms with Crippen LogP contribution in [0, 0.1) is 18.3 Å². The van der Waals surface area contributed by atoms with Crippen LogP contribution in [0.4, 0.5) is 0 Å². The third kappa shape index (κ3) is 1.84. The van der Waals surface area contributed by atoms with Crippen LogP contribution in [0.3, 0.4) is 0 Å². The summed E-state index contributed by atoms with van der Waals surface area (Å²) in [6, 6.07) is 9.04. The predicted octanol–water partition coefficient (Wildman–Crippen LogP) is 0.716. The molecule has 0 aliphatic rings. The van der Waals surface area contributed by atoms with Crippen molar-refractivity contribution >= 4 is 0 Å². The van der Waals surface area contributed by atoms with Crippen molar-refractivity contribution in [2.24, 2.45) is 7.05 Å². The van der Waals surface area contributed by atoms with Gasteiger partial charge in [0.25, 0.3) is 5.56 Å². The molecule has 0 amide bonds. The number of benzene rings is 1. The lowest BCUT2D eigenvalue weighted by molar-refractivity contribution is 0.724. The summed E-state index contributed by atoms with van der Waals surface area (Å²) in [5, 5.41) is 8.87. The van der Waals surface area contributed by atoms with Gasteiger partial charge in [-0.3, -0.25) is 13.9 Å². The van der Waals surface area contributed by atoms with Crippen LogP contribution in [0.25, 0.3) is 5.69 Å². The fourth-order valence-corrected chi connectivity index (χ4v) is 1.64. The van der Waals surface area contributed by atoms with Crippen molar-refractivity contribution in [3.8, 4) is 11.8 Å². The van der Waals surface area contributed by atoms with Crippen molar-refractivity contribution < 1.29 is 0 Å². The summed E-state index contributed by atoms with van der Waals surface area (Å²) in [4.78, 5) is 23.5. The smallest absolute Gasteiger partial charge is 0.268 e. The molecule has 0 unspecified atom stereocenters. The summed E-state index contributed by atoms with van der Waals surface area (Å²) >= 11 is 0. The topological polar surface area (TPSA) is 67.8 Å². The van der Waals surface area contributed by atoms with E-state index in [4.69, 9.17) is 5.26 Å². The molecule has 0 fully saturated rings. The average molecular weight is 241 g/mol. The Labute approximate surface area is 103 Å². The second-order valence-corrected chi connectivity index (χ2v) is 4.01. The molecule has 2 aromatic rings. The van der Waals surface area contributed by atoms with E-state index in [1.807, 2.05) is 19.1 Å². The molecule has 0 radical (unpaired) electrons. The first-order valence-corrected chi connectivity index (χ1v) is 5.34. The average Bonchev–Trinajstić information content (AvgIpc) is 2.38. The first-order chi connectivity index (χ1) is 8.54. The van der Waals surface area contributed by atoms with E-state index in [9.17, 15) is 9.59 Å². The minimum atomic E-state index is -0.578. The Bertz CT molecular complexity index is 746. The summed E-state index contributed by atoms with van der Waals surface area (Å²) in [6.45, 7) is 1.94. The molecule has 0 atom stereocenters. The van der Waals surface area contributed by atoms with Gasteiger partial charge in [-0.2, -0.15) is 5.26 Å². The molecule has 0 bridgehead atoms. The van der Waals surface area contributed by atoms with Gasteiger partial charge in [0.05, 0.1) is 5.69 Å². The molecule has 0 N–H and O–H groups in total. The number of aromatic nitrogens is 2. The van der Waals surface area contributed by atoms with Crippen molar-refractivity contribution in [2.75, 3.05) is 0 Å². The minimum Gasteiger partial charge on any atom is -0.268 e. The van der Waals surface area contributed by atoms with Crippen molar-refractivity contribution in [2.45, 2.75) is 6.92 Å². The quantitative estimate of drug-likeness (QED) is 0.738. The van der Waals surface area contributed by atoms with Gasteiger partial charge >= 0.3 is 5.69 Å². The lowest BCUT2D eigenvalue weighted by Gasteiger charge is -2.08. The van der Waals surface area contributed by atoms with E-state index >= 15 is 0 Å². The zero-order valence-corrected chi connectivity index (χ0v) is 10.0. The van der Waals surface area contributed by atoms with Crippen LogP contribution in [0.5, 0.6) is 0 Å². The second-order valence-electron chi connectivity index (χ2n) is 4.01. The standard InChI is InChI=1S/C13H11N3O2/c1-9-3-5-11(6-4-9)16-8-10(7-14)12(17)15(2)13(16)18/h3-6,8H,1-2H3. The number of aryl methyl sites for hydroxylation is 1. The van der Waals surface area contributed by atoms with Gasteiger partial charge < -0.3 is 0 Å². The minimum absolute atomic E-state index is 0.0577. The first kappa shape index (κ1) is 11.9. The summed E-state index contributed by atoms with van der Waals surface area (Å²) in [6.07, 6.45) is 1.27. The highest BCUT2D eigenvalue weighted by Gasteiger charge is 2.09. The molecular weight excluding hydrogens is 230 g/mol. The van der Waals surface area contributed by atoms with Crippen LogP contribution in [0.2, 0.25) is 0 Å². The Hall–Kier alpha value is -2.61. The fraction of sp³-hybridized carbons (Fsp3) is 0.154. The van der Waals surface area contributed by atoms with E-state index in [-0.39, 0.29) is 5.56 Å². The van der Waals surface area contributed by atoms with E-state index in [1.54, 1.807) is 18.2 Å². The van der Waals surface area contributed by atoms with Gasteiger partial charge in [-0.1, -0.05) is 17.7 Å². The van der Waals surface area contributed by atoms with Crippen molar-refractivity contribution in [3.63, 3.8) is 0 Å². The molecular formula is C13H11N3O2. The monoisotopic (exact) mass is 241 g/mol. The van der Waals surface area contributed by atoms with E-state index < -0.39 is 11.2 Å². The van der Waals surface area contributed by atoms with Gasteiger partial charge in [0.2, 0.25) is 0 Å². The lowest BCUT2D eigenvalue weighted by Crippen LogP contribution is -2.38. The maximum atomic E-state index is 12.0. The van der Waals surface area contributed by atoms with Crippen molar-refractivity contribution in [3.05, 3.63) is 62.4 Å². The summed E-state index contributed by atoms with van der Waals surface area (Å²) in [5.41, 5.74) is 0.584. The Kier molecular flexibility index (Phi) is 2.86. The number of nitriles is 1. The van der Waals surface area contributed by atoms with Crippen molar-refractivity contribution in [1.29, 1.82) is 5.26 Å². The van der Waals surface area contributed by atoms with Gasteiger partial charge in [-0.05, 0) is 19.1 Å². The zero-order valence-electron chi connectivity index (χ0n) is 10.0. The van der Waals surface area contributed by atoms with Gasteiger partial charge in [-0.25, -0.2) is 4.79 Å². The molecule has 5 heteroatoms. The number of rotatable bonds is 1. The molecule has 0 aliphatic heterocycles. The molecule has 1 aromatic heterocycles. The highest BCUT2D eigenvalue weighted by molar-refractivity contribution is 5.36. The molecule has 2 rings (SSSR count). The molecule has 1 heterocycles. The van der Waals surface area contributed by atoms with Crippen LogP contribution in [-0.2, 0) is 7.05 Å². The van der Waals surface area contributed by atoms with E-state index in [0.29, 0.717) is 5.69 Å². The summed E-state index contributed by atoms with van der Waals surface area (Å²) in [7, 11) is 1.36. The van der Waals surface area contributed by atoms with Gasteiger partial charge in [0, 0.05) is 13.2 Å². The Morgan fingerprint density at radius 3 is 2.33 bits per heavy atom. The van der Waals surface area contributed by atoms with Gasteiger partial charge in [-0.15, -0.1) is 0 Å². The SMILES string of the molecule is Cc1ccc(-n2cc(C#N)c(=O)n(C)c2=O)cc1. The predicted molar refractivity (Wildman–Crippen MR) is 66.7 cm³/mol. The molecule has 90 valence electrons. The largest absolute Gasteiger partial charge is 0.335 e. The van der Waals surface area contributed by atoms with Crippen LogP contribution in [0.1, 0.15) is 11.1 Å². The zero-order chi connectivity index (χ0) is 13.3. The summed E-state index contributed by atoms with van der Waals surface area (Å²) < 4.78 is 2.22. The van der Waals surface area contributed by atoms with E-state index in [0.717, 1.165) is 10.1 Å². The number of nitrogens with zero attached hydrogens (tertiary/aromatic N) is 3. The Balaban J connectivity index is 2.77. The van der Waals surface area contributed by atoms with Gasteiger partial charge in [0.1, 0.15) is 11.6 Å².